The van der Waals surface area contributed by atoms with Gasteiger partial charge in [-0.15, -0.1) is 0 Å². The van der Waals surface area contributed by atoms with E-state index in [-0.39, 0.29) is 0 Å². The average Bonchev–Trinajstić information content (AvgIpc) is 2.94. The third kappa shape index (κ3) is 25.7. The minimum Gasteiger partial charge on any atom is -0.314 e. The Balaban J connectivity index is 0.000000434. The molecule has 2 aliphatic rings. The molecule has 0 aromatic heterocycles. The number of nitrogens with zero attached hydrogens (tertiary/aromatic N) is 2. The van der Waals surface area contributed by atoms with Gasteiger partial charge >= 0.3 is 0 Å². The molecule has 2 rings (SSSR count). The molecule has 0 saturated carbocycles. The van der Waals surface area contributed by atoms with Crippen molar-refractivity contribution in [3.05, 3.63) is 0 Å². The van der Waals surface area contributed by atoms with Crippen LogP contribution in [-0.4, -0.2) is 74.2 Å². The van der Waals surface area contributed by atoms with E-state index in [0.717, 1.165) is 35.8 Å². The van der Waals surface area contributed by atoms with Gasteiger partial charge in [0.25, 0.3) is 0 Å². The van der Waals surface area contributed by atoms with E-state index in [1.54, 1.807) is 0 Å². The van der Waals surface area contributed by atoms with E-state index in [1.165, 1.54) is 162 Å². The van der Waals surface area contributed by atoms with Crippen LogP contribution in [0.3, 0.4) is 0 Å². The minimum absolute atomic E-state index is 0.740. The first kappa shape index (κ1) is 40.9. The summed E-state index contributed by atoms with van der Waals surface area (Å²) in [6.07, 6.45) is 23.6. The van der Waals surface area contributed by atoms with Crippen LogP contribution >= 0.6 is 0 Å². The van der Waals surface area contributed by atoms with Crippen LogP contribution in [0.1, 0.15) is 165 Å². The molecular formula is C39H82N4. The lowest BCUT2D eigenvalue weighted by atomic mass is 9.97. The van der Waals surface area contributed by atoms with Crippen LogP contribution in [0.25, 0.3) is 0 Å². The molecule has 4 nitrogen and oxygen atoms in total. The SMILES string of the molecule is CC(C)CCC(CCC(C)C)NCCCN1CCCCCCC1.CC(C)CCC(CCC(C)C)NCCN1CCCCC1. The highest BCUT2D eigenvalue weighted by atomic mass is 15.1. The van der Waals surface area contributed by atoms with Crippen molar-refractivity contribution in [2.45, 2.75) is 177 Å². The number of nitrogens with one attached hydrogen (secondary N) is 2. The van der Waals surface area contributed by atoms with Crippen LogP contribution in [0.2, 0.25) is 0 Å². The summed E-state index contributed by atoms with van der Waals surface area (Å²) in [5.41, 5.74) is 0. The highest BCUT2D eigenvalue weighted by Crippen LogP contribution is 2.16. The molecule has 2 fully saturated rings. The summed E-state index contributed by atoms with van der Waals surface area (Å²) in [6, 6.07) is 1.48. The fraction of sp³-hybridized carbons (Fsp3) is 1.00. The lowest BCUT2D eigenvalue weighted by Gasteiger charge is -2.28. The van der Waals surface area contributed by atoms with Gasteiger partial charge in [-0.1, -0.05) is 81.1 Å². The summed E-state index contributed by atoms with van der Waals surface area (Å²) in [4.78, 5) is 5.34. The fourth-order valence-electron chi connectivity index (χ4n) is 6.59. The highest BCUT2D eigenvalue weighted by Gasteiger charge is 2.14. The Morgan fingerprint density at radius 3 is 1.12 bits per heavy atom. The number of hydrogen-bond donors (Lipinski definition) is 2. The zero-order valence-corrected chi connectivity index (χ0v) is 31.0. The van der Waals surface area contributed by atoms with Gasteiger partial charge in [0.2, 0.25) is 0 Å². The first-order chi connectivity index (χ1) is 20.7. The van der Waals surface area contributed by atoms with Gasteiger partial charge in [0.05, 0.1) is 0 Å². The lowest BCUT2D eigenvalue weighted by Crippen LogP contribution is -2.39. The van der Waals surface area contributed by atoms with Crippen LogP contribution < -0.4 is 10.6 Å². The topological polar surface area (TPSA) is 30.5 Å². The van der Waals surface area contributed by atoms with Gasteiger partial charge in [-0.2, -0.15) is 0 Å². The maximum Gasteiger partial charge on any atom is 0.0107 e. The second kappa shape index (κ2) is 27.0. The molecule has 0 amide bonds. The van der Waals surface area contributed by atoms with Crippen molar-refractivity contribution in [2.75, 3.05) is 52.4 Å². The predicted molar refractivity (Wildman–Crippen MR) is 194 cm³/mol. The van der Waals surface area contributed by atoms with Crippen molar-refractivity contribution < 1.29 is 0 Å². The quantitative estimate of drug-likeness (QED) is 0.127. The Morgan fingerprint density at radius 1 is 0.395 bits per heavy atom. The molecule has 0 aromatic carbocycles. The van der Waals surface area contributed by atoms with Gasteiger partial charge in [-0.05, 0) is 146 Å². The molecule has 2 N–H and O–H groups in total. The van der Waals surface area contributed by atoms with Crippen molar-refractivity contribution in [2.24, 2.45) is 23.7 Å². The molecule has 2 heterocycles. The third-order valence-corrected chi connectivity index (χ3v) is 9.71. The summed E-state index contributed by atoms with van der Waals surface area (Å²) in [5, 5.41) is 7.71. The Kier molecular flexibility index (Phi) is 25.7. The Labute approximate surface area is 272 Å². The Hall–Kier alpha value is -0.160. The first-order valence-corrected chi connectivity index (χ1v) is 19.6. The van der Waals surface area contributed by atoms with Gasteiger partial charge in [-0.25, -0.2) is 0 Å². The van der Waals surface area contributed by atoms with E-state index < -0.39 is 0 Å². The van der Waals surface area contributed by atoms with Gasteiger partial charge < -0.3 is 20.4 Å². The number of rotatable bonds is 21. The van der Waals surface area contributed by atoms with Crippen molar-refractivity contribution in [1.29, 1.82) is 0 Å². The van der Waals surface area contributed by atoms with Crippen LogP contribution in [-0.2, 0) is 0 Å². The third-order valence-electron chi connectivity index (χ3n) is 9.71. The maximum absolute atomic E-state index is 3.87. The summed E-state index contributed by atoms with van der Waals surface area (Å²) in [6.45, 7) is 29.0. The van der Waals surface area contributed by atoms with E-state index in [0.29, 0.717) is 0 Å². The smallest absolute Gasteiger partial charge is 0.0107 e. The van der Waals surface area contributed by atoms with E-state index >= 15 is 0 Å². The number of likely N-dealkylation sites (tertiary alicyclic amines) is 2. The van der Waals surface area contributed by atoms with Gasteiger partial charge in [-0.3, -0.25) is 0 Å². The summed E-state index contributed by atoms with van der Waals surface area (Å²) >= 11 is 0. The van der Waals surface area contributed by atoms with Crippen molar-refractivity contribution in [3.63, 3.8) is 0 Å². The molecule has 2 aliphatic heterocycles. The van der Waals surface area contributed by atoms with Crippen LogP contribution in [0, 0.1) is 23.7 Å². The second-order valence-electron chi connectivity index (χ2n) is 16.1. The zero-order valence-electron chi connectivity index (χ0n) is 31.0. The van der Waals surface area contributed by atoms with Gasteiger partial charge in [0.1, 0.15) is 0 Å². The summed E-state index contributed by atoms with van der Waals surface area (Å²) in [5.74, 6) is 3.33. The lowest BCUT2D eigenvalue weighted by molar-refractivity contribution is 0.223. The van der Waals surface area contributed by atoms with E-state index in [4.69, 9.17) is 0 Å². The average molecular weight is 607 g/mol. The molecule has 0 radical (unpaired) electrons. The van der Waals surface area contributed by atoms with E-state index in [2.05, 4.69) is 75.8 Å². The molecule has 0 atom stereocenters. The normalized spacial score (nSPS) is 17.7. The summed E-state index contributed by atoms with van der Waals surface area (Å²) in [7, 11) is 0. The maximum atomic E-state index is 3.87. The minimum atomic E-state index is 0.740. The van der Waals surface area contributed by atoms with Crippen molar-refractivity contribution in [3.8, 4) is 0 Å². The highest BCUT2D eigenvalue weighted by molar-refractivity contribution is 4.73. The van der Waals surface area contributed by atoms with Crippen LogP contribution in [0.5, 0.6) is 0 Å². The monoisotopic (exact) mass is 607 g/mol. The molecule has 258 valence electrons. The molecule has 0 unspecified atom stereocenters. The van der Waals surface area contributed by atoms with Crippen molar-refractivity contribution >= 4 is 0 Å². The zero-order chi connectivity index (χ0) is 31.7. The molecule has 2 saturated heterocycles. The second-order valence-corrected chi connectivity index (χ2v) is 16.1. The van der Waals surface area contributed by atoms with Crippen LogP contribution in [0.15, 0.2) is 0 Å². The molecule has 0 aliphatic carbocycles. The Morgan fingerprint density at radius 2 is 0.721 bits per heavy atom. The number of hydrogen-bond acceptors (Lipinski definition) is 4. The molecule has 0 bridgehead atoms. The summed E-state index contributed by atoms with van der Waals surface area (Å²) < 4.78 is 0. The van der Waals surface area contributed by atoms with Gasteiger partial charge in [0, 0.05) is 25.2 Å². The molecule has 43 heavy (non-hydrogen) atoms. The molecule has 0 spiro atoms. The van der Waals surface area contributed by atoms with Crippen LogP contribution in [0.4, 0.5) is 0 Å². The fourth-order valence-corrected chi connectivity index (χ4v) is 6.59. The number of piperidine rings is 1. The predicted octanol–water partition coefficient (Wildman–Crippen LogP) is 9.78. The first-order valence-electron chi connectivity index (χ1n) is 19.6. The molecular weight excluding hydrogens is 524 g/mol. The van der Waals surface area contributed by atoms with E-state index in [9.17, 15) is 0 Å². The van der Waals surface area contributed by atoms with E-state index in [1.807, 2.05) is 0 Å². The van der Waals surface area contributed by atoms with Crippen molar-refractivity contribution in [1.82, 2.24) is 20.4 Å². The molecule has 0 aromatic rings. The molecule has 4 heteroatoms. The standard InChI is InChI=1S/C21H44N2.C18H38N2/c1-19(2)11-13-21(14-12-20(3)4)22-15-10-18-23-16-8-6-5-7-9-17-23;1-16(2)8-10-18(11-9-17(3)4)19-12-15-20-13-6-5-7-14-20/h19-22H,5-18H2,1-4H3;16-19H,5-15H2,1-4H3. The largest absolute Gasteiger partial charge is 0.314 e. The Bertz CT molecular complexity index is 552. The van der Waals surface area contributed by atoms with Gasteiger partial charge in [0.15, 0.2) is 0 Å².